The molecule has 0 aliphatic carbocycles. The van der Waals surface area contributed by atoms with Gasteiger partial charge in [-0.3, -0.25) is 0 Å². The first-order chi connectivity index (χ1) is 9.65. The highest BCUT2D eigenvalue weighted by molar-refractivity contribution is 9.10. The van der Waals surface area contributed by atoms with E-state index in [1.165, 1.54) is 10.4 Å². The van der Waals surface area contributed by atoms with Gasteiger partial charge in [-0.1, -0.05) is 24.6 Å². The normalized spacial score (nSPS) is 12.4. The zero-order valence-electron chi connectivity index (χ0n) is 11.5. The maximum atomic E-state index is 6.02. The monoisotopic (exact) mass is 373 g/mol. The second kappa shape index (κ2) is 7.46. The summed E-state index contributed by atoms with van der Waals surface area (Å²) in [5, 5.41) is 3.33. The minimum absolute atomic E-state index is 0.143. The van der Waals surface area contributed by atoms with E-state index in [0.717, 1.165) is 27.6 Å². The maximum Gasteiger partial charge on any atom is 0.133 e. The molecule has 2 aromatic rings. The fourth-order valence-corrected chi connectivity index (χ4v) is 3.69. The van der Waals surface area contributed by atoms with Gasteiger partial charge in [0.15, 0.2) is 0 Å². The van der Waals surface area contributed by atoms with Crippen LogP contribution in [-0.4, -0.2) is 13.7 Å². The number of hydrogen-bond acceptors (Lipinski definition) is 3. The second-order valence-electron chi connectivity index (χ2n) is 4.40. The van der Waals surface area contributed by atoms with Crippen molar-refractivity contribution in [3.05, 3.63) is 49.6 Å². The fourth-order valence-electron chi connectivity index (χ4n) is 1.98. The first-order valence-electron chi connectivity index (χ1n) is 6.50. The quantitative estimate of drug-likeness (QED) is 0.744. The number of benzene rings is 1. The van der Waals surface area contributed by atoms with Crippen LogP contribution in [0.1, 0.15) is 29.8 Å². The van der Waals surface area contributed by atoms with Gasteiger partial charge in [0.2, 0.25) is 0 Å². The number of halogens is 2. The predicted molar refractivity (Wildman–Crippen MR) is 90.2 cm³/mol. The van der Waals surface area contributed by atoms with E-state index >= 15 is 0 Å². The maximum absolute atomic E-state index is 6.02. The van der Waals surface area contributed by atoms with Crippen LogP contribution < -0.4 is 10.1 Å². The molecule has 0 fully saturated rings. The molecule has 2 nitrogen and oxygen atoms in total. The van der Waals surface area contributed by atoms with E-state index in [1.54, 1.807) is 11.3 Å². The molecule has 0 saturated carbocycles. The molecular weight excluding hydrogens is 358 g/mol. The van der Waals surface area contributed by atoms with Crippen LogP contribution in [0, 0.1) is 0 Å². The summed E-state index contributed by atoms with van der Waals surface area (Å²) in [6.45, 7) is 2.83. The predicted octanol–water partition coefficient (Wildman–Crippen LogP) is 5.26. The van der Waals surface area contributed by atoms with Crippen molar-refractivity contribution in [3.8, 4) is 5.75 Å². The van der Waals surface area contributed by atoms with Crippen LogP contribution >= 0.6 is 38.9 Å². The van der Waals surface area contributed by atoms with Gasteiger partial charge in [0, 0.05) is 4.88 Å². The largest absolute Gasteiger partial charge is 0.492 e. The average Bonchev–Trinajstić information content (AvgIpc) is 2.85. The van der Waals surface area contributed by atoms with Crippen LogP contribution in [0.3, 0.4) is 0 Å². The number of hydrogen-bond donors (Lipinski definition) is 1. The summed E-state index contributed by atoms with van der Waals surface area (Å²) >= 11 is 11.2. The van der Waals surface area contributed by atoms with E-state index in [2.05, 4.69) is 46.4 Å². The zero-order chi connectivity index (χ0) is 14.5. The Labute approximate surface area is 137 Å². The Morgan fingerprint density at radius 1 is 1.35 bits per heavy atom. The van der Waals surface area contributed by atoms with Crippen LogP contribution in [0.4, 0.5) is 0 Å². The van der Waals surface area contributed by atoms with Gasteiger partial charge in [0.1, 0.15) is 5.75 Å². The van der Waals surface area contributed by atoms with Gasteiger partial charge in [-0.2, -0.15) is 0 Å². The summed E-state index contributed by atoms with van der Waals surface area (Å²) in [4.78, 5) is 1.20. The molecule has 0 amide bonds. The lowest BCUT2D eigenvalue weighted by Gasteiger charge is -2.16. The van der Waals surface area contributed by atoms with E-state index in [0.29, 0.717) is 0 Å². The SMILES string of the molecule is CCCOc1ccc(C(NC)c2ccc(Cl)s2)cc1Br. The second-order valence-corrected chi connectivity index (χ2v) is 7.00. The third-order valence-corrected chi connectivity index (χ3v) is 4.83. The Kier molecular flexibility index (Phi) is 5.90. The molecule has 1 heterocycles. The number of thiophene rings is 1. The Morgan fingerprint density at radius 3 is 2.70 bits per heavy atom. The Bertz CT molecular complexity index is 573. The molecule has 0 radical (unpaired) electrons. The van der Waals surface area contributed by atoms with Gasteiger partial charge in [-0.15, -0.1) is 11.3 Å². The Balaban J connectivity index is 2.24. The highest BCUT2D eigenvalue weighted by Gasteiger charge is 2.15. The van der Waals surface area contributed by atoms with Gasteiger partial charge in [-0.05, 0) is 59.2 Å². The summed E-state index contributed by atoms with van der Waals surface area (Å²) in [7, 11) is 1.95. The van der Waals surface area contributed by atoms with Gasteiger partial charge in [0.25, 0.3) is 0 Å². The van der Waals surface area contributed by atoms with Gasteiger partial charge in [-0.25, -0.2) is 0 Å². The lowest BCUT2D eigenvalue weighted by molar-refractivity contribution is 0.315. The van der Waals surface area contributed by atoms with Crippen molar-refractivity contribution in [1.82, 2.24) is 5.32 Å². The highest BCUT2D eigenvalue weighted by atomic mass is 79.9. The lowest BCUT2D eigenvalue weighted by atomic mass is 10.1. The molecule has 20 heavy (non-hydrogen) atoms. The molecule has 5 heteroatoms. The molecule has 0 saturated heterocycles. The molecule has 1 aromatic heterocycles. The Morgan fingerprint density at radius 2 is 2.15 bits per heavy atom. The summed E-state index contributed by atoms with van der Waals surface area (Å²) in [5.74, 6) is 0.884. The van der Waals surface area contributed by atoms with Crippen molar-refractivity contribution in [2.24, 2.45) is 0 Å². The molecule has 1 N–H and O–H groups in total. The number of ether oxygens (including phenoxy) is 1. The molecule has 1 unspecified atom stereocenters. The van der Waals surface area contributed by atoms with E-state index in [1.807, 2.05) is 19.2 Å². The van der Waals surface area contributed by atoms with Gasteiger partial charge in [0.05, 0.1) is 21.5 Å². The molecule has 1 aromatic carbocycles. The zero-order valence-corrected chi connectivity index (χ0v) is 14.6. The third-order valence-electron chi connectivity index (χ3n) is 2.92. The highest BCUT2D eigenvalue weighted by Crippen LogP contribution is 2.34. The molecule has 0 aliphatic rings. The van der Waals surface area contributed by atoms with E-state index < -0.39 is 0 Å². The van der Waals surface area contributed by atoms with Crippen LogP contribution in [0.25, 0.3) is 0 Å². The fraction of sp³-hybridized carbons (Fsp3) is 0.333. The van der Waals surface area contributed by atoms with E-state index in [4.69, 9.17) is 16.3 Å². The standard InChI is InChI=1S/C15H17BrClNOS/c1-3-8-19-12-5-4-10(9-11(12)16)15(18-2)13-6-7-14(17)20-13/h4-7,9,15,18H,3,8H2,1-2H3. The van der Waals surface area contributed by atoms with Crippen molar-refractivity contribution in [2.45, 2.75) is 19.4 Å². The van der Waals surface area contributed by atoms with Crippen LogP contribution in [0.2, 0.25) is 4.34 Å². The van der Waals surface area contributed by atoms with Gasteiger partial charge >= 0.3 is 0 Å². The van der Waals surface area contributed by atoms with Crippen molar-refractivity contribution in [3.63, 3.8) is 0 Å². The average molecular weight is 375 g/mol. The molecular formula is C15H17BrClNOS. The molecule has 0 spiro atoms. The minimum Gasteiger partial charge on any atom is -0.492 e. The summed E-state index contributed by atoms with van der Waals surface area (Å²) in [6, 6.07) is 10.3. The first kappa shape index (κ1) is 15.8. The molecule has 108 valence electrons. The van der Waals surface area contributed by atoms with Crippen molar-refractivity contribution >= 4 is 38.9 Å². The smallest absolute Gasteiger partial charge is 0.133 e. The molecule has 1 atom stereocenters. The number of rotatable bonds is 6. The van der Waals surface area contributed by atoms with Crippen LogP contribution in [0.15, 0.2) is 34.8 Å². The summed E-state index contributed by atoms with van der Waals surface area (Å²) in [5.41, 5.74) is 1.18. The Hall–Kier alpha value is -0.550. The van der Waals surface area contributed by atoms with Crippen molar-refractivity contribution in [2.75, 3.05) is 13.7 Å². The molecule has 0 bridgehead atoms. The molecule has 2 rings (SSSR count). The topological polar surface area (TPSA) is 21.3 Å². The van der Waals surface area contributed by atoms with Gasteiger partial charge < -0.3 is 10.1 Å². The minimum atomic E-state index is 0.143. The summed E-state index contributed by atoms with van der Waals surface area (Å²) < 4.78 is 7.46. The third kappa shape index (κ3) is 3.76. The van der Waals surface area contributed by atoms with E-state index in [9.17, 15) is 0 Å². The lowest BCUT2D eigenvalue weighted by Crippen LogP contribution is -2.16. The van der Waals surface area contributed by atoms with Crippen LogP contribution in [0.5, 0.6) is 5.75 Å². The van der Waals surface area contributed by atoms with Crippen molar-refractivity contribution in [1.29, 1.82) is 0 Å². The summed E-state index contributed by atoms with van der Waals surface area (Å²) in [6.07, 6.45) is 1.00. The van der Waals surface area contributed by atoms with Crippen molar-refractivity contribution < 1.29 is 4.74 Å². The first-order valence-corrected chi connectivity index (χ1v) is 8.49. The number of nitrogens with one attached hydrogen (secondary N) is 1. The molecule has 0 aliphatic heterocycles. The van der Waals surface area contributed by atoms with Crippen LogP contribution in [-0.2, 0) is 0 Å². The van der Waals surface area contributed by atoms with E-state index in [-0.39, 0.29) is 6.04 Å².